The first-order chi connectivity index (χ1) is 9.54. The molecule has 4 fully saturated rings. The Labute approximate surface area is 119 Å². The topological polar surface area (TPSA) is 89.8 Å². The number of hydrogen-bond donors (Lipinski definition) is 4. The fraction of sp³-hybridized carbons (Fsp3) is 0.933. The van der Waals surface area contributed by atoms with Crippen molar-refractivity contribution >= 4 is 5.91 Å². The van der Waals surface area contributed by atoms with Crippen LogP contribution in [-0.4, -0.2) is 46.6 Å². The number of aliphatic hydroxyl groups is 3. The predicted molar refractivity (Wildman–Crippen MR) is 72.7 cm³/mol. The van der Waals surface area contributed by atoms with Crippen molar-refractivity contribution in [3.05, 3.63) is 0 Å². The van der Waals surface area contributed by atoms with E-state index in [9.17, 15) is 20.1 Å². The van der Waals surface area contributed by atoms with Crippen LogP contribution in [0.25, 0.3) is 0 Å². The fourth-order valence-electron chi connectivity index (χ4n) is 5.03. The van der Waals surface area contributed by atoms with E-state index >= 15 is 0 Å². The molecule has 0 unspecified atom stereocenters. The molecule has 5 heteroatoms. The zero-order valence-corrected chi connectivity index (χ0v) is 11.8. The molecule has 0 saturated heterocycles. The number of aliphatic hydroxyl groups excluding tert-OH is 3. The van der Waals surface area contributed by atoms with Crippen LogP contribution in [0.4, 0.5) is 0 Å². The summed E-state index contributed by atoms with van der Waals surface area (Å²) in [4.78, 5) is 12.7. The lowest BCUT2D eigenvalue weighted by molar-refractivity contribution is -0.150. The minimum absolute atomic E-state index is 0.0752. The van der Waals surface area contributed by atoms with Gasteiger partial charge in [0.15, 0.2) is 0 Å². The summed E-state index contributed by atoms with van der Waals surface area (Å²) >= 11 is 0. The highest BCUT2D eigenvalue weighted by Gasteiger charge is 2.55. The zero-order valence-electron chi connectivity index (χ0n) is 11.8. The summed E-state index contributed by atoms with van der Waals surface area (Å²) in [6.07, 6.45) is 6.59. The predicted octanol–water partition coefficient (Wildman–Crippen LogP) is 0.0347. The first kappa shape index (κ1) is 14.3. The summed E-state index contributed by atoms with van der Waals surface area (Å²) < 4.78 is 0. The maximum absolute atomic E-state index is 12.7. The van der Waals surface area contributed by atoms with Crippen LogP contribution < -0.4 is 5.32 Å². The van der Waals surface area contributed by atoms with Crippen molar-refractivity contribution in [1.82, 2.24) is 5.32 Å². The van der Waals surface area contributed by atoms with Gasteiger partial charge in [0.05, 0.1) is 19.8 Å². The number of amides is 1. The summed E-state index contributed by atoms with van der Waals surface area (Å²) in [5, 5.41) is 30.9. The molecule has 4 rings (SSSR count). The van der Waals surface area contributed by atoms with Crippen molar-refractivity contribution in [2.75, 3.05) is 19.8 Å². The Kier molecular flexibility index (Phi) is 3.55. The van der Waals surface area contributed by atoms with Gasteiger partial charge in [-0.1, -0.05) is 0 Å². The smallest absolute Gasteiger partial charge is 0.226 e. The second-order valence-electron chi connectivity index (χ2n) is 7.41. The molecule has 5 nitrogen and oxygen atoms in total. The van der Waals surface area contributed by atoms with Crippen LogP contribution in [0.3, 0.4) is 0 Å². The lowest BCUT2D eigenvalue weighted by Crippen LogP contribution is -2.62. The Morgan fingerprint density at radius 2 is 1.35 bits per heavy atom. The largest absolute Gasteiger partial charge is 0.394 e. The summed E-state index contributed by atoms with van der Waals surface area (Å²) in [6, 6.07) is 0. The van der Waals surface area contributed by atoms with E-state index in [1.54, 1.807) is 0 Å². The van der Waals surface area contributed by atoms with Crippen LogP contribution in [0.2, 0.25) is 0 Å². The average Bonchev–Trinajstić information content (AvgIpc) is 2.43. The number of hydrogen-bond acceptors (Lipinski definition) is 4. The average molecular weight is 283 g/mol. The second kappa shape index (κ2) is 4.97. The molecule has 0 aliphatic heterocycles. The Morgan fingerprint density at radius 3 is 1.70 bits per heavy atom. The SMILES string of the molecule is O=C(NC(CO)(CO)CO)C12CC3CC(CC(C3)C1)C2. The summed E-state index contributed by atoms with van der Waals surface area (Å²) in [6.45, 7) is -1.34. The third-order valence-electron chi connectivity index (χ3n) is 5.81. The minimum Gasteiger partial charge on any atom is -0.394 e. The van der Waals surface area contributed by atoms with E-state index in [0.717, 1.165) is 19.3 Å². The first-order valence-electron chi connectivity index (χ1n) is 7.70. The number of nitrogens with one attached hydrogen (secondary N) is 1. The van der Waals surface area contributed by atoms with Gasteiger partial charge < -0.3 is 20.6 Å². The Morgan fingerprint density at radius 1 is 0.950 bits per heavy atom. The van der Waals surface area contributed by atoms with Crippen molar-refractivity contribution in [2.24, 2.45) is 23.2 Å². The summed E-state index contributed by atoms with van der Waals surface area (Å²) in [5.41, 5.74) is -1.61. The molecule has 0 atom stereocenters. The second-order valence-corrected chi connectivity index (χ2v) is 7.41. The maximum atomic E-state index is 12.7. The van der Waals surface area contributed by atoms with Gasteiger partial charge >= 0.3 is 0 Å². The highest BCUT2D eigenvalue weighted by Crippen LogP contribution is 2.60. The van der Waals surface area contributed by atoms with Gasteiger partial charge in [-0.2, -0.15) is 0 Å². The molecule has 0 radical (unpaired) electrons. The molecule has 0 aromatic heterocycles. The molecule has 4 aliphatic rings. The third-order valence-corrected chi connectivity index (χ3v) is 5.81. The third kappa shape index (κ3) is 2.16. The van der Waals surface area contributed by atoms with E-state index < -0.39 is 25.4 Å². The van der Waals surface area contributed by atoms with Crippen molar-refractivity contribution < 1.29 is 20.1 Å². The number of carbonyl (C=O) groups is 1. The summed E-state index contributed by atoms with van der Waals surface area (Å²) in [7, 11) is 0. The van der Waals surface area contributed by atoms with E-state index in [1.807, 2.05) is 0 Å². The van der Waals surface area contributed by atoms with Crippen molar-refractivity contribution in [3.8, 4) is 0 Å². The Hall–Kier alpha value is -0.650. The van der Waals surface area contributed by atoms with Crippen LogP contribution in [0.15, 0.2) is 0 Å². The van der Waals surface area contributed by atoms with Crippen LogP contribution in [0, 0.1) is 23.2 Å². The molecule has 0 aromatic carbocycles. The molecular weight excluding hydrogens is 258 g/mol. The van der Waals surface area contributed by atoms with E-state index in [-0.39, 0.29) is 11.3 Å². The molecule has 4 bridgehead atoms. The molecular formula is C15H25NO4. The molecule has 4 N–H and O–H groups in total. The van der Waals surface area contributed by atoms with Crippen LogP contribution in [-0.2, 0) is 4.79 Å². The highest BCUT2D eigenvalue weighted by atomic mass is 16.3. The summed E-state index contributed by atoms with van der Waals surface area (Å²) in [5.74, 6) is 1.92. The van der Waals surface area contributed by atoms with Gasteiger partial charge in [0.25, 0.3) is 0 Å². The monoisotopic (exact) mass is 283 g/mol. The Bertz CT molecular complexity index is 348. The van der Waals surface area contributed by atoms with Crippen LogP contribution in [0.5, 0.6) is 0 Å². The standard InChI is InChI=1S/C15H25NO4/c17-7-15(8-18,9-19)16-13(20)14-4-10-1-11(5-14)3-12(2-10)6-14/h10-12,17-19H,1-9H2,(H,16,20). The van der Waals surface area contributed by atoms with E-state index in [1.165, 1.54) is 19.3 Å². The van der Waals surface area contributed by atoms with Crippen LogP contribution in [0.1, 0.15) is 38.5 Å². The van der Waals surface area contributed by atoms with Gasteiger partial charge in [-0.25, -0.2) is 0 Å². The van der Waals surface area contributed by atoms with Gasteiger partial charge in [0.2, 0.25) is 5.91 Å². The molecule has 4 aliphatic carbocycles. The Balaban J connectivity index is 1.77. The normalized spacial score (nSPS) is 39.0. The van der Waals surface area contributed by atoms with Crippen LogP contribution >= 0.6 is 0 Å². The molecule has 114 valence electrons. The quantitative estimate of drug-likeness (QED) is 0.573. The maximum Gasteiger partial charge on any atom is 0.226 e. The van der Waals surface area contributed by atoms with Crippen molar-refractivity contribution in [1.29, 1.82) is 0 Å². The highest BCUT2D eigenvalue weighted by molar-refractivity contribution is 5.84. The molecule has 0 heterocycles. The van der Waals surface area contributed by atoms with Gasteiger partial charge in [-0.15, -0.1) is 0 Å². The van der Waals surface area contributed by atoms with E-state index in [0.29, 0.717) is 17.8 Å². The van der Waals surface area contributed by atoms with Gasteiger partial charge in [-0.05, 0) is 56.3 Å². The first-order valence-corrected chi connectivity index (χ1v) is 7.70. The van der Waals surface area contributed by atoms with Gasteiger partial charge in [0, 0.05) is 5.41 Å². The number of carbonyl (C=O) groups excluding carboxylic acids is 1. The van der Waals surface area contributed by atoms with E-state index in [4.69, 9.17) is 0 Å². The zero-order chi connectivity index (χ0) is 14.4. The van der Waals surface area contributed by atoms with E-state index in [2.05, 4.69) is 5.32 Å². The van der Waals surface area contributed by atoms with Gasteiger partial charge in [-0.3, -0.25) is 4.79 Å². The fourth-order valence-corrected chi connectivity index (χ4v) is 5.03. The lowest BCUT2D eigenvalue weighted by atomic mass is 9.49. The molecule has 1 amide bonds. The number of rotatable bonds is 5. The molecule has 0 spiro atoms. The molecule has 0 aromatic rings. The van der Waals surface area contributed by atoms with Gasteiger partial charge in [0.1, 0.15) is 5.54 Å². The molecule has 4 saturated carbocycles. The van der Waals surface area contributed by atoms with Crippen molar-refractivity contribution in [3.63, 3.8) is 0 Å². The minimum atomic E-state index is -1.29. The lowest BCUT2D eigenvalue weighted by Gasteiger charge is -2.56. The van der Waals surface area contributed by atoms with Crippen molar-refractivity contribution in [2.45, 2.75) is 44.1 Å². The molecule has 20 heavy (non-hydrogen) atoms.